The zero-order valence-electron chi connectivity index (χ0n) is 17.7. The minimum atomic E-state index is -0.331. The third-order valence-electron chi connectivity index (χ3n) is 5.16. The number of aromatic nitrogens is 5. The van der Waals surface area contributed by atoms with Gasteiger partial charge in [0.25, 0.3) is 5.91 Å². The molecule has 0 aliphatic heterocycles. The van der Waals surface area contributed by atoms with Gasteiger partial charge in [-0.15, -0.1) is 0 Å². The first-order valence-electron chi connectivity index (χ1n) is 10.3. The van der Waals surface area contributed by atoms with Gasteiger partial charge in [-0.2, -0.15) is 5.10 Å². The van der Waals surface area contributed by atoms with Crippen molar-refractivity contribution in [3.8, 4) is 11.3 Å². The number of nitrogens with one attached hydrogen (secondary N) is 1. The molecule has 2 aromatic carbocycles. The summed E-state index contributed by atoms with van der Waals surface area (Å²) in [5.41, 5.74) is 3.19. The molecule has 1 amide bonds. The van der Waals surface area contributed by atoms with E-state index in [1.54, 1.807) is 42.2 Å². The number of anilines is 1. The zero-order valence-corrected chi connectivity index (χ0v) is 17.7. The van der Waals surface area contributed by atoms with E-state index in [4.69, 9.17) is 4.98 Å². The fourth-order valence-electron chi connectivity index (χ4n) is 3.63. The van der Waals surface area contributed by atoms with Crippen LogP contribution in [0, 0.1) is 12.7 Å². The van der Waals surface area contributed by atoms with Crippen LogP contribution in [-0.4, -0.2) is 30.6 Å². The standard InChI is InChI=1S/C25H19FN6O/c1-16-27-11-10-23(29-16)31-25(33)20-13-22(18-7-3-2-4-8-18)30-24-21(20)14-28-32(24)15-17-6-5-9-19(26)12-17/h2-14H,15H2,1H3,(H,27,29,31,33). The van der Waals surface area contributed by atoms with Gasteiger partial charge in [0.15, 0.2) is 5.65 Å². The molecule has 3 heterocycles. The van der Waals surface area contributed by atoms with Crippen molar-refractivity contribution in [2.45, 2.75) is 13.5 Å². The molecule has 33 heavy (non-hydrogen) atoms. The van der Waals surface area contributed by atoms with Crippen molar-refractivity contribution >= 4 is 22.8 Å². The van der Waals surface area contributed by atoms with E-state index in [2.05, 4.69) is 20.4 Å². The first-order valence-corrected chi connectivity index (χ1v) is 10.3. The molecule has 0 atom stereocenters. The highest BCUT2D eigenvalue weighted by molar-refractivity contribution is 6.12. The van der Waals surface area contributed by atoms with E-state index in [9.17, 15) is 9.18 Å². The van der Waals surface area contributed by atoms with Crippen LogP contribution in [0.25, 0.3) is 22.3 Å². The van der Waals surface area contributed by atoms with Gasteiger partial charge in [0.2, 0.25) is 0 Å². The Kier molecular flexibility index (Phi) is 5.32. The first-order chi connectivity index (χ1) is 16.1. The summed E-state index contributed by atoms with van der Waals surface area (Å²) in [5.74, 6) is 0.316. The van der Waals surface area contributed by atoms with E-state index in [1.165, 1.54) is 12.1 Å². The molecule has 0 fully saturated rings. The molecular formula is C25H19FN6O. The molecule has 0 aliphatic carbocycles. The van der Waals surface area contributed by atoms with Gasteiger partial charge in [0.05, 0.1) is 29.4 Å². The van der Waals surface area contributed by atoms with Gasteiger partial charge in [0.1, 0.15) is 17.5 Å². The number of aryl methyl sites for hydroxylation is 1. The van der Waals surface area contributed by atoms with Crippen molar-refractivity contribution in [3.05, 3.63) is 102 Å². The average Bonchev–Trinajstić information content (AvgIpc) is 3.21. The Morgan fingerprint density at radius 2 is 1.88 bits per heavy atom. The van der Waals surface area contributed by atoms with Crippen LogP contribution in [0.4, 0.5) is 10.2 Å². The van der Waals surface area contributed by atoms with Gasteiger partial charge < -0.3 is 5.32 Å². The van der Waals surface area contributed by atoms with Crippen LogP contribution >= 0.6 is 0 Å². The lowest BCUT2D eigenvalue weighted by molar-refractivity contribution is 0.102. The van der Waals surface area contributed by atoms with Gasteiger partial charge in [0, 0.05) is 11.8 Å². The minimum Gasteiger partial charge on any atom is -0.306 e. The fourth-order valence-corrected chi connectivity index (χ4v) is 3.63. The van der Waals surface area contributed by atoms with Crippen LogP contribution in [0.2, 0.25) is 0 Å². The van der Waals surface area contributed by atoms with Gasteiger partial charge in [-0.1, -0.05) is 42.5 Å². The van der Waals surface area contributed by atoms with E-state index in [-0.39, 0.29) is 11.7 Å². The molecule has 3 aromatic heterocycles. The number of hydrogen-bond acceptors (Lipinski definition) is 5. The predicted octanol–water partition coefficient (Wildman–Crippen LogP) is 4.64. The van der Waals surface area contributed by atoms with Crippen molar-refractivity contribution in [1.82, 2.24) is 24.7 Å². The van der Waals surface area contributed by atoms with Crippen LogP contribution in [0.15, 0.2) is 79.1 Å². The summed E-state index contributed by atoms with van der Waals surface area (Å²) in [4.78, 5) is 26.4. The van der Waals surface area contributed by atoms with Crippen molar-refractivity contribution in [1.29, 1.82) is 0 Å². The first kappa shape index (κ1) is 20.4. The normalized spacial score (nSPS) is 11.0. The molecule has 0 spiro atoms. The lowest BCUT2D eigenvalue weighted by Gasteiger charge is -2.10. The number of fused-ring (bicyclic) bond motifs is 1. The Hall–Kier alpha value is -4.46. The van der Waals surface area contributed by atoms with E-state index in [0.29, 0.717) is 40.5 Å². The quantitative estimate of drug-likeness (QED) is 0.432. The topological polar surface area (TPSA) is 85.6 Å². The molecule has 8 heteroatoms. The number of nitrogens with zero attached hydrogens (tertiary/aromatic N) is 5. The monoisotopic (exact) mass is 438 g/mol. The molecule has 5 rings (SSSR count). The van der Waals surface area contributed by atoms with E-state index < -0.39 is 0 Å². The molecule has 162 valence electrons. The summed E-state index contributed by atoms with van der Waals surface area (Å²) in [7, 11) is 0. The number of carbonyl (C=O) groups is 1. The maximum absolute atomic E-state index is 13.7. The zero-order chi connectivity index (χ0) is 22.8. The molecule has 7 nitrogen and oxygen atoms in total. The number of benzene rings is 2. The highest BCUT2D eigenvalue weighted by Crippen LogP contribution is 2.26. The SMILES string of the molecule is Cc1nccc(NC(=O)c2cc(-c3ccccc3)nc3c2cnn3Cc2cccc(F)c2)n1. The second kappa shape index (κ2) is 8.58. The number of rotatable bonds is 5. The van der Waals surface area contributed by atoms with E-state index in [1.807, 2.05) is 36.4 Å². The molecule has 0 unspecified atom stereocenters. The van der Waals surface area contributed by atoms with Gasteiger partial charge in [-0.05, 0) is 36.8 Å². The lowest BCUT2D eigenvalue weighted by Crippen LogP contribution is -2.14. The second-order valence-electron chi connectivity index (χ2n) is 7.53. The third-order valence-corrected chi connectivity index (χ3v) is 5.16. The summed E-state index contributed by atoms with van der Waals surface area (Å²) < 4.78 is 15.4. The summed E-state index contributed by atoms with van der Waals surface area (Å²) in [6.07, 6.45) is 3.20. The summed E-state index contributed by atoms with van der Waals surface area (Å²) in [5, 5.41) is 7.87. The molecule has 0 radical (unpaired) electrons. The summed E-state index contributed by atoms with van der Waals surface area (Å²) in [6, 6.07) is 19.3. The molecule has 5 aromatic rings. The Labute approximate surface area is 189 Å². The molecule has 0 bridgehead atoms. The molecule has 0 saturated carbocycles. The maximum atomic E-state index is 13.7. The molecule has 1 N–H and O–H groups in total. The smallest absolute Gasteiger partial charge is 0.257 e. The lowest BCUT2D eigenvalue weighted by atomic mass is 10.1. The maximum Gasteiger partial charge on any atom is 0.257 e. The Bertz CT molecular complexity index is 1460. The molecular weight excluding hydrogens is 419 g/mol. The molecule has 0 saturated heterocycles. The van der Waals surface area contributed by atoms with Crippen LogP contribution in [0.5, 0.6) is 0 Å². The number of pyridine rings is 1. The van der Waals surface area contributed by atoms with Crippen molar-refractivity contribution in [2.24, 2.45) is 0 Å². The third kappa shape index (κ3) is 4.31. The minimum absolute atomic E-state index is 0.317. The summed E-state index contributed by atoms with van der Waals surface area (Å²) in [6.45, 7) is 2.07. The Morgan fingerprint density at radius 1 is 1.03 bits per heavy atom. The van der Waals surface area contributed by atoms with Crippen LogP contribution in [0.1, 0.15) is 21.7 Å². The van der Waals surface area contributed by atoms with Crippen molar-refractivity contribution in [3.63, 3.8) is 0 Å². The second-order valence-corrected chi connectivity index (χ2v) is 7.53. The number of amides is 1. The largest absolute Gasteiger partial charge is 0.306 e. The van der Waals surface area contributed by atoms with Gasteiger partial charge >= 0.3 is 0 Å². The Morgan fingerprint density at radius 3 is 2.67 bits per heavy atom. The summed E-state index contributed by atoms with van der Waals surface area (Å²) >= 11 is 0. The van der Waals surface area contributed by atoms with Gasteiger partial charge in [-0.3, -0.25) is 4.79 Å². The van der Waals surface area contributed by atoms with Crippen LogP contribution in [-0.2, 0) is 6.54 Å². The van der Waals surface area contributed by atoms with Crippen LogP contribution in [0.3, 0.4) is 0 Å². The average molecular weight is 438 g/mol. The number of hydrogen-bond donors (Lipinski definition) is 1. The molecule has 0 aliphatic rings. The van der Waals surface area contributed by atoms with Crippen molar-refractivity contribution in [2.75, 3.05) is 5.32 Å². The number of carbonyl (C=O) groups excluding carboxylic acids is 1. The van der Waals surface area contributed by atoms with Crippen molar-refractivity contribution < 1.29 is 9.18 Å². The fraction of sp³-hybridized carbons (Fsp3) is 0.0800. The van der Waals surface area contributed by atoms with E-state index in [0.717, 1.165) is 11.1 Å². The highest BCUT2D eigenvalue weighted by atomic mass is 19.1. The Balaban J connectivity index is 1.61. The van der Waals surface area contributed by atoms with E-state index >= 15 is 0 Å². The van der Waals surface area contributed by atoms with Gasteiger partial charge in [-0.25, -0.2) is 24.0 Å². The number of halogens is 1. The highest BCUT2D eigenvalue weighted by Gasteiger charge is 2.18. The predicted molar refractivity (Wildman–Crippen MR) is 123 cm³/mol. The van der Waals surface area contributed by atoms with Crippen LogP contribution < -0.4 is 5.32 Å².